The summed E-state index contributed by atoms with van der Waals surface area (Å²) in [5.41, 5.74) is 3.43. The molecule has 0 aliphatic carbocycles. The van der Waals surface area contributed by atoms with Crippen LogP contribution < -0.4 is 0 Å². The van der Waals surface area contributed by atoms with E-state index in [4.69, 9.17) is 0 Å². The highest BCUT2D eigenvalue weighted by Crippen LogP contribution is 2.23. The van der Waals surface area contributed by atoms with Crippen molar-refractivity contribution in [2.45, 2.75) is 13.5 Å². The highest BCUT2D eigenvalue weighted by Gasteiger charge is 2.09. The van der Waals surface area contributed by atoms with Crippen molar-refractivity contribution in [2.24, 2.45) is 0 Å². The van der Waals surface area contributed by atoms with Gasteiger partial charge in [-0.25, -0.2) is 4.52 Å². The first-order chi connectivity index (χ1) is 7.90. The predicted molar refractivity (Wildman–Crippen MR) is 62.1 cm³/mol. The van der Waals surface area contributed by atoms with Gasteiger partial charge in [-0.3, -0.25) is 4.98 Å². The zero-order valence-corrected chi connectivity index (χ0v) is 9.04. The van der Waals surface area contributed by atoms with Gasteiger partial charge in [0, 0.05) is 36.9 Å². The van der Waals surface area contributed by atoms with Crippen LogP contribution in [-0.2, 0) is 6.54 Å². The Morgan fingerprint density at radius 1 is 1.19 bits per heavy atom. The average Bonchev–Trinajstić information content (AvgIpc) is 2.90. The van der Waals surface area contributed by atoms with Gasteiger partial charge in [-0.2, -0.15) is 5.10 Å². The molecule has 80 valence electrons. The van der Waals surface area contributed by atoms with Crippen LogP contribution in [0.25, 0.3) is 16.8 Å². The third-order valence-corrected chi connectivity index (χ3v) is 2.76. The molecule has 0 bridgehead atoms. The molecule has 3 aromatic heterocycles. The van der Waals surface area contributed by atoms with E-state index in [1.54, 1.807) is 12.4 Å². The Balaban J connectivity index is 2.28. The van der Waals surface area contributed by atoms with Crippen molar-refractivity contribution in [2.75, 3.05) is 0 Å². The second kappa shape index (κ2) is 3.48. The first-order valence-electron chi connectivity index (χ1n) is 5.33. The topological polar surface area (TPSA) is 35.1 Å². The zero-order chi connectivity index (χ0) is 11.0. The quantitative estimate of drug-likeness (QED) is 0.653. The van der Waals surface area contributed by atoms with Gasteiger partial charge in [0.2, 0.25) is 0 Å². The second-order valence-corrected chi connectivity index (χ2v) is 3.65. The average molecular weight is 212 g/mol. The van der Waals surface area contributed by atoms with E-state index in [2.05, 4.69) is 21.6 Å². The first-order valence-corrected chi connectivity index (χ1v) is 5.33. The van der Waals surface area contributed by atoms with Gasteiger partial charge < -0.3 is 4.57 Å². The van der Waals surface area contributed by atoms with Crippen LogP contribution in [-0.4, -0.2) is 19.2 Å². The van der Waals surface area contributed by atoms with Crippen LogP contribution in [0.5, 0.6) is 0 Å². The number of rotatable bonds is 2. The Bertz CT molecular complexity index is 606. The van der Waals surface area contributed by atoms with Crippen molar-refractivity contribution in [1.29, 1.82) is 0 Å². The summed E-state index contributed by atoms with van der Waals surface area (Å²) < 4.78 is 4.09. The van der Waals surface area contributed by atoms with E-state index < -0.39 is 0 Å². The van der Waals surface area contributed by atoms with Gasteiger partial charge >= 0.3 is 0 Å². The lowest BCUT2D eigenvalue weighted by Crippen LogP contribution is -1.93. The molecule has 0 aliphatic rings. The number of hydrogen-bond donors (Lipinski definition) is 0. The molecule has 0 N–H and O–H groups in total. The van der Waals surface area contributed by atoms with Crippen molar-refractivity contribution in [3.63, 3.8) is 0 Å². The largest absolute Gasteiger partial charge is 0.331 e. The van der Waals surface area contributed by atoms with Gasteiger partial charge in [0.25, 0.3) is 0 Å². The Labute approximate surface area is 93.2 Å². The molecular formula is C12H12N4. The number of aromatic nitrogens is 4. The van der Waals surface area contributed by atoms with Gasteiger partial charge in [-0.1, -0.05) is 0 Å². The molecule has 0 saturated heterocycles. The Morgan fingerprint density at radius 3 is 2.75 bits per heavy atom. The number of pyridine rings is 1. The maximum atomic E-state index is 4.34. The number of hydrogen-bond acceptors (Lipinski definition) is 2. The van der Waals surface area contributed by atoms with Crippen molar-refractivity contribution in [1.82, 2.24) is 19.2 Å². The van der Waals surface area contributed by atoms with Crippen molar-refractivity contribution >= 4 is 5.65 Å². The Morgan fingerprint density at radius 2 is 2.00 bits per heavy atom. The lowest BCUT2D eigenvalue weighted by atomic mass is 10.1. The van der Waals surface area contributed by atoms with E-state index in [9.17, 15) is 0 Å². The van der Waals surface area contributed by atoms with Gasteiger partial charge in [0.1, 0.15) is 5.65 Å². The van der Waals surface area contributed by atoms with Crippen LogP contribution in [0.1, 0.15) is 6.92 Å². The van der Waals surface area contributed by atoms with Crippen LogP contribution in [0, 0.1) is 0 Å². The van der Waals surface area contributed by atoms with Crippen LogP contribution in [0.3, 0.4) is 0 Å². The minimum atomic E-state index is 0.945. The van der Waals surface area contributed by atoms with Gasteiger partial charge in [0.05, 0.1) is 6.20 Å². The van der Waals surface area contributed by atoms with Crippen LogP contribution in [0.2, 0.25) is 0 Å². The highest BCUT2D eigenvalue weighted by atomic mass is 15.3. The SMILES string of the molecule is CCn1ccn2ncc(-c3ccncc3)c12. The number of imidazole rings is 1. The van der Waals surface area contributed by atoms with Gasteiger partial charge in [-0.05, 0) is 24.6 Å². The molecule has 0 unspecified atom stereocenters. The summed E-state index contributed by atoms with van der Waals surface area (Å²) in [7, 11) is 0. The molecule has 4 heteroatoms. The number of fused-ring (bicyclic) bond motifs is 1. The molecular weight excluding hydrogens is 200 g/mol. The maximum Gasteiger partial charge on any atom is 0.143 e. The summed E-state index contributed by atoms with van der Waals surface area (Å²) in [5, 5.41) is 4.34. The normalized spacial score (nSPS) is 11.1. The molecule has 0 radical (unpaired) electrons. The molecule has 3 aromatic rings. The van der Waals surface area contributed by atoms with E-state index >= 15 is 0 Å². The van der Waals surface area contributed by atoms with E-state index in [0.29, 0.717) is 0 Å². The summed E-state index contributed by atoms with van der Waals surface area (Å²) in [6.07, 6.45) is 9.53. The fourth-order valence-corrected chi connectivity index (χ4v) is 1.96. The van der Waals surface area contributed by atoms with Crippen molar-refractivity contribution in [3.05, 3.63) is 43.1 Å². The second-order valence-electron chi connectivity index (χ2n) is 3.65. The highest BCUT2D eigenvalue weighted by molar-refractivity contribution is 5.77. The molecule has 16 heavy (non-hydrogen) atoms. The summed E-state index contributed by atoms with van der Waals surface area (Å²) in [6.45, 7) is 3.07. The van der Waals surface area contributed by atoms with E-state index in [-0.39, 0.29) is 0 Å². The smallest absolute Gasteiger partial charge is 0.143 e. The van der Waals surface area contributed by atoms with Crippen LogP contribution in [0.4, 0.5) is 0 Å². The van der Waals surface area contributed by atoms with Crippen LogP contribution in [0.15, 0.2) is 43.1 Å². The van der Waals surface area contributed by atoms with E-state index in [0.717, 1.165) is 23.3 Å². The molecule has 4 nitrogen and oxygen atoms in total. The van der Waals surface area contributed by atoms with E-state index in [1.165, 1.54) is 0 Å². The Hall–Kier alpha value is -2.10. The fraction of sp³-hybridized carbons (Fsp3) is 0.167. The monoisotopic (exact) mass is 212 g/mol. The third-order valence-electron chi connectivity index (χ3n) is 2.76. The molecule has 0 fully saturated rings. The fourth-order valence-electron chi connectivity index (χ4n) is 1.96. The molecule has 0 aromatic carbocycles. The van der Waals surface area contributed by atoms with Gasteiger partial charge in [-0.15, -0.1) is 0 Å². The maximum absolute atomic E-state index is 4.34. The van der Waals surface area contributed by atoms with Crippen molar-refractivity contribution in [3.8, 4) is 11.1 Å². The number of aryl methyl sites for hydroxylation is 1. The minimum absolute atomic E-state index is 0.945. The molecule has 3 rings (SSSR count). The Kier molecular flexibility index (Phi) is 1.99. The van der Waals surface area contributed by atoms with Gasteiger partial charge in [0.15, 0.2) is 0 Å². The molecule has 0 amide bonds. The molecule has 0 atom stereocenters. The molecule has 3 heterocycles. The third kappa shape index (κ3) is 1.23. The number of nitrogens with zero attached hydrogens (tertiary/aromatic N) is 4. The van der Waals surface area contributed by atoms with Crippen LogP contribution >= 0.6 is 0 Å². The lowest BCUT2D eigenvalue weighted by molar-refractivity contribution is 0.789. The first kappa shape index (κ1) is 9.15. The summed E-state index contributed by atoms with van der Waals surface area (Å²) >= 11 is 0. The molecule has 0 aliphatic heterocycles. The lowest BCUT2D eigenvalue weighted by Gasteiger charge is -2.01. The van der Waals surface area contributed by atoms with E-state index in [1.807, 2.05) is 35.2 Å². The zero-order valence-electron chi connectivity index (χ0n) is 9.04. The standard InChI is InChI=1S/C12H12N4/c1-2-15-7-8-16-12(15)11(9-14-16)10-3-5-13-6-4-10/h3-9H,2H2,1H3. The summed E-state index contributed by atoms with van der Waals surface area (Å²) in [4.78, 5) is 4.03. The molecule has 0 saturated carbocycles. The summed E-state index contributed by atoms with van der Waals surface area (Å²) in [5.74, 6) is 0. The molecule has 0 spiro atoms. The summed E-state index contributed by atoms with van der Waals surface area (Å²) in [6, 6.07) is 4.01. The minimum Gasteiger partial charge on any atom is -0.331 e. The predicted octanol–water partition coefficient (Wildman–Crippen LogP) is 2.22. The van der Waals surface area contributed by atoms with Crippen molar-refractivity contribution < 1.29 is 0 Å².